The molecule has 0 radical (unpaired) electrons. The van der Waals surface area contributed by atoms with E-state index in [0.717, 1.165) is 6.42 Å². The molecule has 0 aliphatic heterocycles. The molecule has 2 N–H and O–H groups in total. The third kappa shape index (κ3) is 1.39. The molecule has 1 atom stereocenters. The number of alkyl halides is 3. The van der Waals surface area contributed by atoms with Crippen molar-refractivity contribution in [3.63, 3.8) is 0 Å². The number of hydrogen-bond acceptors (Lipinski definition) is 3. The van der Waals surface area contributed by atoms with E-state index in [1.807, 2.05) is 0 Å². The quantitative estimate of drug-likeness (QED) is 0.706. The van der Waals surface area contributed by atoms with E-state index in [-0.39, 0.29) is 11.3 Å². The zero-order valence-corrected chi connectivity index (χ0v) is 7.27. The van der Waals surface area contributed by atoms with Gasteiger partial charge in [-0.3, -0.25) is 0 Å². The molecule has 1 aliphatic carbocycles. The summed E-state index contributed by atoms with van der Waals surface area (Å²) in [4.78, 5) is 0. The van der Waals surface area contributed by atoms with Crippen LogP contribution in [0.5, 0.6) is 0 Å². The molecule has 0 spiro atoms. The minimum atomic E-state index is -4.47. The van der Waals surface area contributed by atoms with Crippen LogP contribution in [0.25, 0.3) is 0 Å². The lowest BCUT2D eigenvalue weighted by molar-refractivity contribution is -0.143. The summed E-state index contributed by atoms with van der Waals surface area (Å²) in [7, 11) is 0. The van der Waals surface area contributed by atoms with Crippen molar-refractivity contribution >= 4 is 0 Å². The van der Waals surface area contributed by atoms with Crippen LogP contribution in [0.15, 0.2) is 4.52 Å². The summed E-state index contributed by atoms with van der Waals surface area (Å²) in [5.74, 6) is 0.288. The van der Waals surface area contributed by atoms with Crippen molar-refractivity contribution in [2.75, 3.05) is 0 Å². The van der Waals surface area contributed by atoms with Crippen LogP contribution >= 0.6 is 0 Å². The molecule has 1 aromatic rings. The standard InChI is InChI=1S/C8H9F3N2O/c9-8(10,11)7-6-4(12)2-1-3-5(6)14-13-7/h4H,1-3,12H2. The summed E-state index contributed by atoms with van der Waals surface area (Å²) < 4.78 is 41.8. The van der Waals surface area contributed by atoms with E-state index in [1.165, 1.54) is 0 Å². The van der Waals surface area contributed by atoms with Gasteiger partial charge in [0.15, 0.2) is 5.69 Å². The Kier molecular flexibility index (Phi) is 2.02. The largest absolute Gasteiger partial charge is 0.437 e. The molecule has 1 aromatic heterocycles. The van der Waals surface area contributed by atoms with Crippen LogP contribution in [-0.2, 0) is 12.6 Å². The van der Waals surface area contributed by atoms with Crippen LogP contribution < -0.4 is 5.73 Å². The summed E-state index contributed by atoms with van der Waals surface area (Å²) in [5.41, 5.74) is 4.67. The van der Waals surface area contributed by atoms with Gasteiger partial charge in [-0.15, -0.1) is 0 Å². The molecular formula is C8H9F3N2O. The highest BCUT2D eigenvalue weighted by Gasteiger charge is 2.41. The minimum absolute atomic E-state index is 0.0451. The second kappa shape index (κ2) is 2.98. The van der Waals surface area contributed by atoms with Gasteiger partial charge in [-0.2, -0.15) is 13.2 Å². The number of nitrogens with two attached hydrogens (primary N) is 1. The highest BCUT2D eigenvalue weighted by atomic mass is 19.4. The Morgan fingerprint density at radius 2 is 2.14 bits per heavy atom. The van der Waals surface area contributed by atoms with E-state index in [0.29, 0.717) is 12.8 Å². The number of aryl methyl sites for hydroxylation is 1. The van der Waals surface area contributed by atoms with Crippen LogP contribution in [0.2, 0.25) is 0 Å². The van der Waals surface area contributed by atoms with Gasteiger partial charge in [0.2, 0.25) is 0 Å². The monoisotopic (exact) mass is 206 g/mol. The Balaban J connectivity index is 2.49. The van der Waals surface area contributed by atoms with Gasteiger partial charge in [-0.1, -0.05) is 5.16 Å². The zero-order valence-electron chi connectivity index (χ0n) is 7.27. The molecule has 0 aromatic carbocycles. The first-order chi connectivity index (χ1) is 6.50. The number of rotatable bonds is 0. The van der Waals surface area contributed by atoms with E-state index >= 15 is 0 Å². The van der Waals surface area contributed by atoms with Crippen LogP contribution in [0, 0.1) is 0 Å². The SMILES string of the molecule is NC1CCCc2onc(C(F)(F)F)c21. The van der Waals surface area contributed by atoms with Crippen LogP contribution in [0.3, 0.4) is 0 Å². The highest BCUT2D eigenvalue weighted by molar-refractivity contribution is 5.30. The molecule has 14 heavy (non-hydrogen) atoms. The fourth-order valence-electron chi connectivity index (χ4n) is 1.73. The Hall–Kier alpha value is -1.04. The molecule has 0 saturated carbocycles. The molecule has 0 fully saturated rings. The lowest BCUT2D eigenvalue weighted by atomic mass is 9.92. The topological polar surface area (TPSA) is 52.0 Å². The smallest absolute Gasteiger partial charge is 0.360 e. The Labute approximate surface area is 78.1 Å². The van der Waals surface area contributed by atoms with Crippen molar-refractivity contribution in [1.29, 1.82) is 0 Å². The summed E-state index contributed by atoms with van der Waals surface area (Å²) in [5, 5.41) is 3.04. The van der Waals surface area contributed by atoms with E-state index in [4.69, 9.17) is 5.73 Å². The van der Waals surface area contributed by atoms with Crippen molar-refractivity contribution in [3.8, 4) is 0 Å². The molecule has 6 heteroatoms. The molecule has 0 amide bonds. The molecule has 0 saturated heterocycles. The van der Waals surface area contributed by atoms with Gasteiger partial charge in [-0.25, -0.2) is 0 Å². The zero-order chi connectivity index (χ0) is 10.3. The van der Waals surface area contributed by atoms with Crippen LogP contribution in [0.1, 0.15) is 35.9 Å². The minimum Gasteiger partial charge on any atom is -0.360 e. The highest BCUT2D eigenvalue weighted by Crippen LogP contribution is 2.38. The Morgan fingerprint density at radius 1 is 1.43 bits per heavy atom. The number of nitrogens with zero attached hydrogens (tertiary/aromatic N) is 1. The van der Waals surface area contributed by atoms with Gasteiger partial charge in [0.25, 0.3) is 0 Å². The van der Waals surface area contributed by atoms with Gasteiger partial charge < -0.3 is 10.3 Å². The van der Waals surface area contributed by atoms with Gasteiger partial charge in [0.1, 0.15) is 5.76 Å². The summed E-state index contributed by atoms with van der Waals surface area (Å²) in [6.45, 7) is 0. The number of aromatic nitrogens is 1. The second-order valence-corrected chi connectivity index (χ2v) is 3.36. The van der Waals surface area contributed by atoms with E-state index in [9.17, 15) is 13.2 Å². The van der Waals surface area contributed by atoms with Gasteiger partial charge in [-0.05, 0) is 12.8 Å². The predicted molar refractivity (Wildman–Crippen MR) is 41.4 cm³/mol. The van der Waals surface area contributed by atoms with Crippen LogP contribution in [0.4, 0.5) is 13.2 Å². The third-order valence-corrected chi connectivity index (χ3v) is 2.36. The third-order valence-electron chi connectivity index (χ3n) is 2.36. The maximum Gasteiger partial charge on any atom is 0.437 e. The summed E-state index contributed by atoms with van der Waals surface area (Å²) in [6.07, 6.45) is -2.67. The van der Waals surface area contributed by atoms with E-state index in [2.05, 4.69) is 9.68 Å². The molecule has 78 valence electrons. The Morgan fingerprint density at radius 3 is 2.79 bits per heavy atom. The second-order valence-electron chi connectivity index (χ2n) is 3.36. The molecule has 2 rings (SSSR count). The van der Waals surface area contributed by atoms with Gasteiger partial charge in [0, 0.05) is 18.0 Å². The first-order valence-electron chi connectivity index (χ1n) is 4.31. The van der Waals surface area contributed by atoms with Gasteiger partial charge in [0.05, 0.1) is 0 Å². The fourth-order valence-corrected chi connectivity index (χ4v) is 1.73. The molecule has 1 aliphatic rings. The normalized spacial score (nSPS) is 22.1. The number of fused-ring (bicyclic) bond motifs is 1. The van der Waals surface area contributed by atoms with Crippen molar-refractivity contribution < 1.29 is 17.7 Å². The van der Waals surface area contributed by atoms with Crippen molar-refractivity contribution in [1.82, 2.24) is 5.16 Å². The van der Waals surface area contributed by atoms with Gasteiger partial charge >= 0.3 is 6.18 Å². The Bertz CT molecular complexity index is 345. The average molecular weight is 206 g/mol. The molecule has 3 nitrogen and oxygen atoms in total. The maximum absolute atomic E-state index is 12.4. The number of halogens is 3. The number of hydrogen-bond donors (Lipinski definition) is 1. The van der Waals surface area contributed by atoms with Crippen LogP contribution in [-0.4, -0.2) is 5.16 Å². The first-order valence-corrected chi connectivity index (χ1v) is 4.31. The average Bonchev–Trinajstić information content (AvgIpc) is 2.47. The lowest BCUT2D eigenvalue weighted by Crippen LogP contribution is -2.20. The summed E-state index contributed by atoms with van der Waals surface area (Å²) in [6, 6.07) is -0.596. The van der Waals surface area contributed by atoms with Crippen molar-refractivity contribution in [3.05, 3.63) is 17.0 Å². The van der Waals surface area contributed by atoms with E-state index in [1.54, 1.807) is 0 Å². The maximum atomic E-state index is 12.4. The fraction of sp³-hybridized carbons (Fsp3) is 0.625. The molecular weight excluding hydrogens is 197 g/mol. The summed E-state index contributed by atoms with van der Waals surface area (Å²) >= 11 is 0. The predicted octanol–water partition coefficient (Wildman–Crippen LogP) is 2.03. The van der Waals surface area contributed by atoms with E-state index < -0.39 is 17.9 Å². The van der Waals surface area contributed by atoms with Crippen molar-refractivity contribution in [2.24, 2.45) is 5.73 Å². The molecule has 1 heterocycles. The van der Waals surface area contributed by atoms with Crippen molar-refractivity contribution in [2.45, 2.75) is 31.5 Å². The first kappa shape index (κ1) is 9.51. The molecule has 0 bridgehead atoms. The lowest BCUT2D eigenvalue weighted by Gasteiger charge is -2.17. The molecule has 1 unspecified atom stereocenters.